The van der Waals surface area contributed by atoms with E-state index in [9.17, 15) is 9.18 Å². The largest absolute Gasteiger partial charge is 0.349 e. The minimum absolute atomic E-state index is 0.0263. The minimum atomic E-state index is -0.529. The van der Waals surface area contributed by atoms with Crippen molar-refractivity contribution in [3.63, 3.8) is 0 Å². The van der Waals surface area contributed by atoms with Gasteiger partial charge in [-0.3, -0.25) is 4.79 Å². The Labute approximate surface area is 118 Å². The molecule has 1 aromatic carbocycles. The average Bonchev–Trinajstić information content (AvgIpc) is 2.30. The van der Waals surface area contributed by atoms with Crippen LogP contribution in [0.5, 0.6) is 0 Å². The maximum atomic E-state index is 13.6. The zero-order chi connectivity index (χ0) is 14.0. The van der Waals surface area contributed by atoms with Crippen molar-refractivity contribution in [2.24, 2.45) is 11.8 Å². The summed E-state index contributed by atoms with van der Waals surface area (Å²) in [5.41, 5.74) is 0.0263. The Kier molecular flexibility index (Phi) is 4.46. The predicted octanol–water partition coefficient (Wildman–Crippen LogP) is 4.03. The first-order chi connectivity index (χ1) is 8.95. The molecule has 0 bridgehead atoms. The third-order valence-electron chi connectivity index (χ3n) is 3.69. The quantitative estimate of drug-likeness (QED) is 0.872. The van der Waals surface area contributed by atoms with Crippen molar-refractivity contribution < 1.29 is 9.18 Å². The van der Waals surface area contributed by atoms with E-state index >= 15 is 0 Å². The molecule has 0 radical (unpaired) electrons. The molecule has 2 atom stereocenters. The van der Waals surface area contributed by atoms with Crippen LogP contribution in [0.15, 0.2) is 18.2 Å². The zero-order valence-electron chi connectivity index (χ0n) is 11.2. The maximum absolute atomic E-state index is 13.6. The Hall–Kier alpha value is -1.09. The third kappa shape index (κ3) is 3.69. The lowest BCUT2D eigenvalue weighted by Crippen LogP contribution is -2.40. The molecule has 0 aliphatic heterocycles. The molecule has 2 unspecified atom stereocenters. The van der Waals surface area contributed by atoms with Crippen molar-refractivity contribution >= 4 is 17.5 Å². The van der Waals surface area contributed by atoms with Gasteiger partial charge in [-0.15, -0.1) is 0 Å². The number of carbonyl (C=O) groups is 1. The Morgan fingerprint density at radius 1 is 1.26 bits per heavy atom. The highest BCUT2D eigenvalue weighted by atomic mass is 35.5. The van der Waals surface area contributed by atoms with Crippen LogP contribution in [0.25, 0.3) is 0 Å². The van der Waals surface area contributed by atoms with Gasteiger partial charge in [0.05, 0.1) is 5.56 Å². The normalized spacial score (nSPS) is 27.1. The van der Waals surface area contributed by atoms with Gasteiger partial charge >= 0.3 is 0 Å². The second-order valence-corrected chi connectivity index (χ2v) is 6.15. The van der Waals surface area contributed by atoms with Crippen LogP contribution in [0, 0.1) is 17.7 Å². The highest BCUT2D eigenvalue weighted by Gasteiger charge is 2.26. The van der Waals surface area contributed by atoms with Crippen LogP contribution in [0.2, 0.25) is 5.02 Å². The van der Waals surface area contributed by atoms with Crippen molar-refractivity contribution in [1.29, 1.82) is 0 Å². The van der Waals surface area contributed by atoms with Gasteiger partial charge in [0.2, 0.25) is 0 Å². The fourth-order valence-electron chi connectivity index (χ4n) is 3.00. The van der Waals surface area contributed by atoms with Crippen LogP contribution in [0.4, 0.5) is 4.39 Å². The number of nitrogens with one attached hydrogen (secondary N) is 1. The van der Waals surface area contributed by atoms with Gasteiger partial charge in [-0.2, -0.15) is 0 Å². The summed E-state index contributed by atoms with van der Waals surface area (Å²) in [5, 5.41) is 3.30. The fraction of sp³-hybridized carbons (Fsp3) is 0.533. The van der Waals surface area contributed by atoms with E-state index in [1.807, 2.05) is 0 Å². The van der Waals surface area contributed by atoms with Crippen LogP contribution < -0.4 is 5.32 Å². The monoisotopic (exact) mass is 283 g/mol. The van der Waals surface area contributed by atoms with E-state index in [1.54, 1.807) is 0 Å². The van der Waals surface area contributed by atoms with Gasteiger partial charge in [-0.05, 0) is 49.3 Å². The molecule has 0 heterocycles. The second-order valence-electron chi connectivity index (χ2n) is 5.71. The number of hydrogen-bond donors (Lipinski definition) is 1. The van der Waals surface area contributed by atoms with Gasteiger partial charge in [-0.25, -0.2) is 4.39 Å². The van der Waals surface area contributed by atoms with Gasteiger partial charge in [-0.1, -0.05) is 25.4 Å². The number of amides is 1. The highest BCUT2D eigenvalue weighted by molar-refractivity contribution is 6.31. The van der Waals surface area contributed by atoms with Gasteiger partial charge in [0.15, 0.2) is 0 Å². The molecule has 1 N–H and O–H groups in total. The van der Waals surface area contributed by atoms with E-state index in [0.717, 1.165) is 12.8 Å². The summed E-state index contributed by atoms with van der Waals surface area (Å²) < 4.78 is 13.6. The average molecular weight is 284 g/mol. The Morgan fingerprint density at radius 3 is 2.53 bits per heavy atom. The molecule has 1 saturated carbocycles. The number of hydrogen-bond acceptors (Lipinski definition) is 1. The molecule has 1 amide bonds. The molecule has 2 nitrogen and oxygen atoms in total. The molecule has 1 aliphatic carbocycles. The summed E-state index contributed by atoms with van der Waals surface area (Å²) in [5.74, 6) is 0.293. The fourth-order valence-corrected chi connectivity index (χ4v) is 3.17. The van der Waals surface area contributed by atoms with E-state index in [2.05, 4.69) is 19.2 Å². The van der Waals surface area contributed by atoms with E-state index in [4.69, 9.17) is 11.6 Å². The zero-order valence-corrected chi connectivity index (χ0v) is 12.0. The lowest BCUT2D eigenvalue weighted by atomic mass is 9.80. The molecule has 2 rings (SSSR count). The summed E-state index contributed by atoms with van der Waals surface area (Å²) >= 11 is 5.80. The Balaban J connectivity index is 2.06. The van der Waals surface area contributed by atoms with Gasteiger partial charge in [0, 0.05) is 11.1 Å². The van der Waals surface area contributed by atoms with Crippen molar-refractivity contribution in [3.8, 4) is 0 Å². The van der Waals surface area contributed by atoms with Crippen molar-refractivity contribution in [2.75, 3.05) is 0 Å². The third-order valence-corrected chi connectivity index (χ3v) is 3.92. The summed E-state index contributed by atoms with van der Waals surface area (Å²) in [6, 6.07) is 4.17. The number of benzene rings is 1. The molecule has 104 valence electrons. The molecule has 0 aromatic heterocycles. The lowest BCUT2D eigenvalue weighted by Gasteiger charge is -2.32. The van der Waals surface area contributed by atoms with E-state index in [0.29, 0.717) is 16.9 Å². The SMILES string of the molecule is CC1CC(C)CC(NC(=O)c2cc(Cl)ccc2F)C1. The van der Waals surface area contributed by atoms with Crippen molar-refractivity contribution in [2.45, 2.75) is 39.2 Å². The summed E-state index contributed by atoms with van der Waals surface area (Å²) in [4.78, 5) is 12.1. The standard InChI is InChI=1S/C15H19ClFNO/c1-9-5-10(2)7-12(6-9)18-15(19)13-8-11(16)3-4-14(13)17/h3-4,8-10,12H,5-7H2,1-2H3,(H,18,19). The Morgan fingerprint density at radius 2 is 1.89 bits per heavy atom. The smallest absolute Gasteiger partial charge is 0.254 e. The molecular weight excluding hydrogens is 265 g/mol. The topological polar surface area (TPSA) is 29.1 Å². The number of carbonyl (C=O) groups excluding carboxylic acids is 1. The molecular formula is C15H19ClFNO. The molecule has 1 fully saturated rings. The lowest BCUT2D eigenvalue weighted by molar-refractivity contribution is 0.0907. The van der Waals surface area contributed by atoms with E-state index < -0.39 is 5.82 Å². The van der Waals surface area contributed by atoms with Crippen LogP contribution in [-0.4, -0.2) is 11.9 Å². The van der Waals surface area contributed by atoms with Crippen LogP contribution in [0.3, 0.4) is 0 Å². The van der Waals surface area contributed by atoms with Crippen molar-refractivity contribution in [3.05, 3.63) is 34.6 Å². The highest BCUT2D eigenvalue weighted by Crippen LogP contribution is 2.28. The number of rotatable bonds is 2. The van der Waals surface area contributed by atoms with Crippen LogP contribution >= 0.6 is 11.6 Å². The van der Waals surface area contributed by atoms with Gasteiger partial charge in [0.25, 0.3) is 5.91 Å². The first kappa shape index (κ1) is 14.3. The number of halogens is 2. The van der Waals surface area contributed by atoms with Crippen LogP contribution in [-0.2, 0) is 0 Å². The molecule has 1 aliphatic rings. The molecule has 19 heavy (non-hydrogen) atoms. The first-order valence-corrected chi connectivity index (χ1v) is 7.09. The van der Waals surface area contributed by atoms with Crippen molar-refractivity contribution in [1.82, 2.24) is 5.32 Å². The first-order valence-electron chi connectivity index (χ1n) is 6.71. The summed E-state index contributed by atoms with van der Waals surface area (Å²) in [7, 11) is 0. The summed E-state index contributed by atoms with van der Waals surface area (Å²) in [6.45, 7) is 4.38. The van der Waals surface area contributed by atoms with Gasteiger partial charge in [0.1, 0.15) is 5.82 Å². The molecule has 0 spiro atoms. The van der Waals surface area contributed by atoms with Crippen LogP contribution in [0.1, 0.15) is 43.5 Å². The molecule has 1 aromatic rings. The molecule has 0 saturated heterocycles. The van der Waals surface area contributed by atoms with Gasteiger partial charge < -0.3 is 5.32 Å². The predicted molar refractivity (Wildman–Crippen MR) is 74.8 cm³/mol. The van der Waals surface area contributed by atoms with E-state index in [1.165, 1.54) is 24.6 Å². The van der Waals surface area contributed by atoms with E-state index in [-0.39, 0.29) is 17.5 Å². The maximum Gasteiger partial charge on any atom is 0.254 e. The minimum Gasteiger partial charge on any atom is -0.349 e. The summed E-state index contributed by atoms with van der Waals surface area (Å²) in [6.07, 6.45) is 3.11. The molecule has 4 heteroatoms. The second kappa shape index (κ2) is 5.91. The Bertz CT molecular complexity index is 467.